The third kappa shape index (κ3) is 4.77. The number of fused-ring (bicyclic) bond motifs is 1. The Morgan fingerprint density at radius 3 is 2.57 bits per heavy atom. The molecule has 4 rings (SSSR count). The molecule has 3 saturated heterocycles. The number of likely N-dealkylation sites (tertiary alicyclic amines) is 2. The zero-order valence-corrected chi connectivity index (χ0v) is 16.2. The molecule has 4 heterocycles. The van der Waals surface area contributed by atoms with E-state index in [2.05, 4.69) is 15.0 Å². The van der Waals surface area contributed by atoms with Crippen molar-refractivity contribution in [2.24, 2.45) is 0 Å². The van der Waals surface area contributed by atoms with E-state index in [1.807, 2.05) is 0 Å². The van der Waals surface area contributed by atoms with Crippen LogP contribution < -0.4 is 10.1 Å². The summed E-state index contributed by atoms with van der Waals surface area (Å²) in [5.74, 6) is -0.433. The predicted octanol–water partition coefficient (Wildman–Crippen LogP) is 1.87. The van der Waals surface area contributed by atoms with Gasteiger partial charge in [-0.05, 0) is 31.4 Å². The number of piperidine rings is 2. The van der Waals surface area contributed by atoms with Crippen molar-refractivity contribution in [3.05, 3.63) is 24.0 Å². The average Bonchev–Trinajstić information content (AvgIpc) is 2.72. The fraction of sp³-hybridized carbons (Fsp3) is 0.632. The van der Waals surface area contributed by atoms with Crippen molar-refractivity contribution < 1.29 is 32.2 Å². The van der Waals surface area contributed by atoms with Gasteiger partial charge in [0.25, 0.3) is 0 Å². The summed E-state index contributed by atoms with van der Waals surface area (Å²) in [7, 11) is 0. The molecule has 3 fully saturated rings. The number of aromatic nitrogens is 1. The molecule has 1 aromatic heterocycles. The van der Waals surface area contributed by atoms with Gasteiger partial charge in [0.1, 0.15) is 12.4 Å². The number of hydrogen-bond acceptors (Lipinski definition) is 5. The van der Waals surface area contributed by atoms with Gasteiger partial charge in [-0.1, -0.05) is 0 Å². The number of morpholine rings is 1. The molecule has 1 N–H and O–H groups in total. The highest BCUT2D eigenvalue weighted by atomic mass is 19.4. The molecule has 0 spiro atoms. The first-order valence-electron chi connectivity index (χ1n) is 9.95. The molecule has 164 valence electrons. The normalized spacial score (nSPS) is 25.5. The molecule has 30 heavy (non-hydrogen) atoms. The van der Waals surface area contributed by atoms with E-state index < -0.39 is 6.36 Å². The van der Waals surface area contributed by atoms with Crippen molar-refractivity contribution in [2.45, 2.75) is 43.7 Å². The Hall–Kier alpha value is -2.56. The van der Waals surface area contributed by atoms with E-state index in [9.17, 15) is 22.8 Å². The zero-order valence-electron chi connectivity index (χ0n) is 16.2. The maximum atomic E-state index is 12.9. The van der Waals surface area contributed by atoms with Crippen molar-refractivity contribution in [3.8, 4) is 5.75 Å². The zero-order chi connectivity index (χ0) is 21.3. The fourth-order valence-corrected chi connectivity index (χ4v) is 4.27. The lowest BCUT2D eigenvalue weighted by Gasteiger charge is -2.43. The second-order valence-corrected chi connectivity index (χ2v) is 7.77. The van der Waals surface area contributed by atoms with Crippen LogP contribution in [0.5, 0.6) is 5.75 Å². The molecule has 0 radical (unpaired) electrons. The lowest BCUT2D eigenvalue weighted by atomic mass is 9.93. The maximum Gasteiger partial charge on any atom is 0.573 e. The predicted molar refractivity (Wildman–Crippen MR) is 97.7 cm³/mol. The summed E-state index contributed by atoms with van der Waals surface area (Å²) in [6.45, 7) is 2.16. The molecule has 3 amide bonds. The number of alkyl halides is 3. The Morgan fingerprint density at radius 2 is 1.90 bits per heavy atom. The van der Waals surface area contributed by atoms with Crippen molar-refractivity contribution in [2.75, 3.05) is 32.8 Å². The first-order chi connectivity index (χ1) is 14.3. The first kappa shape index (κ1) is 20.7. The molecule has 0 bridgehead atoms. The molecule has 11 heteroatoms. The molecule has 8 nitrogen and oxygen atoms in total. The van der Waals surface area contributed by atoms with E-state index in [-0.39, 0.29) is 42.4 Å². The van der Waals surface area contributed by atoms with Gasteiger partial charge in [-0.3, -0.25) is 9.78 Å². The van der Waals surface area contributed by atoms with Crippen LogP contribution in [0.4, 0.5) is 18.0 Å². The second kappa shape index (κ2) is 8.29. The Morgan fingerprint density at radius 1 is 1.17 bits per heavy atom. The molecule has 0 saturated carbocycles. The SMILES string of the molecule is O=C1COC2CCN(C(=O)N3CCC(c4ccc(OC(F)(F)F)cn4)CC3)CC2N1. The van der Waals surface area contributed by atoms with Crippen LogP contribution in [0, 0.1) is 0 Å². The minimum atomic E-state index is -4.74. The van der Waals surface area contributed by atoms with Gasteiger partial charge in [0.2, 0.25) is 5.91 Å². The summed E-state index contributed by atoms with van der Waals surface area (Å²) in [6.07, 6.45) is -1.67. The van der Waals surface area contributed by atoms with Gasteiger partial charge >= 0.3 is 12.4 Å². The van der Waals surface area contributed by atoms with E-state index in [1.54, 1.807) is 15.9 Å². The Kier molecular flexibility index (Phi) is 5.72. The third-order valence-electron chi connectivity index (χ3n) is 5.77. The Labute approximate surface area is 171 Å². The van der Waals surface area contributed by atoms with E-state index in [4.69, 9.17) is 4.74 Å². The summed E-state index contributed by atoms with van der Waals surface area (Å²) in [4.78, 5) is 32.1. The average molecular weight is 428 g/mol. The molecule has 2 unspecified atom stereocenters. The van der Waals surface area contributed by atoms with Gasteiger partial charge in [0.15, 0.2) is 0 Å². The topological polar surface area (TPSA) is 84.0 Å². The fourth-order valence-electron chi connectivity index (χ4n) is 4.27. The van der Waals surface area contributed by atoms with Crippen LogP contribution in [0.25, 0.3) is 0 Å². The minimum absolute atomic E-state index is 0.0483. The van der Waals surface area contributed by atoms with Gasteiger partial charge in [0, 0.05) is 37.8 Å². The molecule has 1 aromatic rings. The van der Waals surface area contributed by atoms with Crippen LogP contribution in [0.2, 0.25) is 0 Å². The van der Waals surface area contributed by atoms with Crippen molar-refractivity contribution in [1.82, 2.24) is 20.1 Å². The lowest BCUT2D eigenvalue weighted by molar-refractivity contribution is -0.274. The Balaban J connectivity index is 1.29. The van der Waals surface area contributed by atoms with Crippen LogP contribution in [0.3, 0.4) is 0 Å². The number of nitrogens with one attached hydrogen (secondary N) is 1. The van der Waals surface area contributed by atoms with Crippen molar-refractivity contribution in [3.63, 3.8) is 0 Å². The second-order valence-electron chi connectivity index (χ2n) is 7.77. The maximum absolute atomic E-state index is 12.9. The number of hydrogen-bond donors (Lipinski definition) is 1. The number of ether oxygens (including phenoxy) is 2. The largest absolute Gasteiger partial charge is 0.573 e. The summed E-state index contributed by atoms with van der Waals surface area (Å²) in [5, 5.41) is 2.89. The van der Waals surface area contributed by atoms with Gasteiger partial charge in [0.05, 0.1) is 18.3 Å². The van der Waals surface area contributed by atoms with Crippen LogP contribution in [-0.2, 0) is 9.53 Å². The number of halogens is 3. The number of amides is 3. The van der Waals surface area contributed by atoms with Gasteiger partial charge < -0.3 is 24.6 Å². The van der Waals surface area contributed by atoms with E-state index in [1.165, 1.54) is 6.07 Å². The van der Waals surface area contributed by atoms with E-state index in [0.29, 0.717) is 51.1 Å². The quantitative estimate of drug-likeness (QED) is 0.778. The van der Waals surface area contributed by atoms with E-state index in [0.717, 1.165) is 6.20 Å². The molecular formula is C19H23F3N4O4. The number of nitrogens with zero attached hydrogens (tertiary/aromatic N) is 3. The Bertz CT molecular complexity index is 781. The number of rotatable bonds is 2. The standard InChI is InChI=1S/C19H23F3N4O4/c20-19(21,22)30-13-1-2-14(23-9-13)12-3-6-25(7-4-12)18(28)26-8-5-16-15(10-26)24-17(27)11-29-16/h1-2,9,12,15-16H,3-8,10-11H2,(H,24,27). The van der Waals surface area contributed by atoms with Gasteiger partial charge in [-0.15, -0.1) is 13.2 Å². The van der Waals surface area contributed by atoms with Crippen LogP contribution in [-0.4, -0.2) is 78.0 Å². The molecule has 0 aliphatic carbocycles. The third-order valence-corrected chi connectivity index (χ3v) is 5.77. The van der Waals surface area contributed by atoms with Crippen LogP contribution in [0.1, 0.15) is 30.9 Å². The number of pyridine rings is 1. The summed E-state index contributed by atoms with van der Waals surface area (Å²) >= 11 is 0. The summed E-state index contributed by atoms with van der Waals surface area (Å²) in [6, 6.07) is 2.56. The highest BCUT2D eigenvalue weighted by molar-refractivity contribution is 5.79. The molecule has 3 aliphatic heterocycles. The van der Waals surface area contributed by atoms with Crippen molar-refractivity contribution in [1.29, 1.82) is 0 Å². The highest BCUT2D eigenvalue weighted by Gasteiger charge is 2.38. The molecule has 0 aromatic carbocycles. The van der Waals surface area contributed by atoms with Crippen LogP contribution in [0.15, 0.2) is 18.3 Å². The molecular weight excluding hydrogens is 405 g/mol. The smallest absolute Gasteiger partial charge is 0.404 e. The first-order valence-corrected chi connectivity index (χ1v) is 9.95. The number of carbonyl (C=O) groups is 2. The summed E-state index contributed by atoms with van der Waals surface area (Å²) < 4.78 is 46.2. The summed E-state index contributed by atoms with van der Waals surface area (Å²) in [5.41, 5.74) is 0.694. The van der Waals surface area contributed by atoms with Gasteiger partial charge in [-0.2, -0.15) is 0 Å². The molecule has 2 atom stereocenters. The van der Waals surface area contributed by atoms with E-state index >= 15 is 0 Å². The van der Waals surface area contributed by atoms with Gasteiger partial charge in [-0.25, -0.2) is 4.79 Å². The number of urea groups is 1. The van der Waals surface area contributed by atoms with Crippen molar-refractivity contribution >= 4 is 11.9 Å². The monoisotopic (exact) mass is 428 g/mol. The highest BCUT2D eigenvalue weighted by Crippen LogP contribution is 2.30. The minimum Gasteiger partial charge on any atom is -0.404 e. The van der Waals surface area contributed by atoms with Crippen LogP contribution >= 0.6 is 0 Å². The number of carbonyl (C=O) groups excluding carboxylic acids is 2. The lowest BCUT2D eigenvalue weighted by Crippen LogP contribution is -2.62. The molecule has 3 aliphatic rings.